The van der Waals surface area contributed by atoms with E-state index in [0.717, 1.165) is 31.2 Å². The summed E-state index contributed by atoms with van der Waals surface area (Å²) in [6.45, 7) is 6.11. The summed E-state index contributed by atoms with van der Waals surface area (Å²) in [4.78, 5) is 12.5. The summed E-state index contributed by atoms with van der Waals surface area (Å²) < 4.78 is 27.2. The molecular weight excluding hydrogens is 312 g/mol. The second-order valence-corrected chi connectivity index (χ2v) is 8.43. The molecule has 128 valence electrons. The molecule has 2 N–H and O–H groups in total. The molecule has 2 rings (SSSR count). The third-order valence-electron chi connectivity index (χ3n) is 4.59. The van der Waals surface area contributed by atoms with Crippen molar-refractivity contribution >= 4 is 15.9 Å². The Morgan fingerprint density at radius 1 is 1.17 bits per heavy atom. The number of carbonyl (C=O) groups is 1. The normalized spacial score (nSPS) is 17.2. The minimum absolute atomic E-state index is 0.0286. The van der Waals surface area contributed by atoms with Crippen molar-refractivity contribution in [1.29, 1.82) is 0 Å². The maximum atomic E-state index is 12.3. The van der Waals surface area contributed by atoms with E-state index in [-0.39, 0.29) is 17.9 Å². The van der Waals surface area contributed by atoms with Gasteiger partial charge in [-0.15, -0.1) is 0 Å². The minimum Gasteiger partial charge on any atom is -0.354 e. The third kappa shape index (κ3) is 4.32. The molecule has 1 amide bonds. The minimum atomic E-state index is -3.55. The summed E-state index contributed by atoms with van der Waals surface area (Å²) in [5, 5.41) is 2.85. The van der Waals surface area contributed by atoms with Gasteiger partial charge >= 0.3 is 0 Å². The van der Waals surface area contributed by atoms with Crippen LogP contribution in [-0.4, -0.2) is 27.4 Å². The lowest BCUT2D eigenvalue weighted by Gasteiger charge is -2.22. The smallest absolute Gasteiger partial charge is 0.240 e. The van der Waals surface area contributed by atoms with Crippen LogP contribution in [-0.2, 0) is 14.8 Å². The van der Waals surface area contributed by atoms with E-state index in [2.05, 4.69) is 10.0 Å². The van der Waals surface area contributed by atoms with Gasteiger partial charge in [0.05, 0.1) is 4.90 Å². The Kier molecular flexibility index (Phi) is 5.47. The maximum absolute atomic E-state index is 12.3. The van der Waals surface area contributed by atoms with E-state index in [1.165, 1.54) is 0 Å². The largest absolute Gasteiger partial charge is 0.354 e. The number of aryl methyl sites for hydroxylation is 2. The highest BCUT2D eigenvalue weighted by molar-refractivity contribution is 7.89. The second kappa shape index (κ2) is 7.01. The van der Waals surface area contributed by atoms with Gasteiger partial charge in [0.25, 0.3) is 0 Å². The van der Waals surface area contributed by atoms with Crippen molar-refractivity contribution in [3.05, 3.63) is 29.3 Å². The van der Waals surface area contributed by atoms with Gasteiger partial charge in [0.15, 0.2) is 0 Å². The Labute approximate surface area is 138 Å². The fourth-order valence-electron chi connectivity index (χ4n) is 3.03. The maximum Gasteiger partial charge on any atom is 0.240 e. The molecular formula is C17H26N2O3S. The van der Waals surface area contributed by atoms with Crippen molar-refractivity contribution in [2.45, 2.75) is 51.3 Å². The van der Waals surface area contributed by atoms with Crippen LogP contribution < -0.4 is 10.0 Å². The topological polar surface area (TPSA) is 75.3 Å². The summed E-state index contributed by atoms with van der Waals surface area (Å²) in [5.74, 6) is 0.0286. The molecule has 0 aromatic heterocycles. The predicted molar refractivity (Wildman–Crippen MR) is 90.7 cm³/mol. The Morgan fingerprint density at radius 2 is 1.83 bits per heavy atom. The molecule has 0 unspecified atom stereocenters. The first-order valence-corrected chi connectivity index (χ1v) is 9.58. The first-order chi connectivity index (χ1) is 10.7. The zero-order valence-corrected chi connectivity index (χ0v) is 14.9. The summed E-state index contributed by atoms with van der Waals surface area (Å²) in [6.07, 6.45) is 3.99. The van der Waals surface area contributed by atoms with E-state index < -0.39 is 10.0 Å². The number of hydrogen-bond donors (Lipinski definition) is 2. The zero-order valence-electron chi connectivity index (χ0n) is 14.1. The number of hydrogen-bond acceptors (Lipinski definition) is 3. The molecule has 1 aromatic carbocycles. The van der Waals surface area contributed by atoms with Gasteiger partial charge in [-0.2, -0.15) is 0 Å². The van der Waals surface area contributed by atoms with Crippen molar-refractivity contribution in [2.24, 2.45) is 5.41 Å². The van der Waals surface area contributed by atoms with E-state index in [0.29, 0.717) is 17.0 Å². The SMILES string of the molecule is Cc1ccc(C)c(S(=O)(=O)NCCNC(=O)C2(C)CCCC2)c1. The molecule has 5 nitrogen and oxygen atoms in total. The third-order valence-corrected chi connectivity index (χ3v) is 6.19. The number of sulfonamides is 1. The van der Waals surface area contributed by atoms with E-state index in [1.807, 2.05) is 19.9 Å². The van der Waals surface area contributed by atoms with Gasteiger partial charge in [-0.25, -0.2) is 13.1 Å². The highest BCUT2D eigenvalue weighted by Gasteiger charge is 2.35. The average Bonchev–Trinajstić information content (AvgIpc) is 2.94. The summed E-state index contributed by atoms with van der Waals surface area (Å²) in [7, 11) is -3.55. The van der Waals surface area contributed by atoms with Gasteiger partial charge < -0.3 is 5.32 Å². The fraction of sp³-hybridized carbons (Fsp3) is 0.588. The number of carbonyl (C=O) groups excluding carboxylic acids is 1. The Balaban J connectivity index is 1.88. The van der Waals surface area contributed by atoms with E-state index in [4.69, 9.17) is 0 Å². The van der Waals surface area contributed by atoms with Crippen LogP contribution in [0, 0.1) is 19.3 Å². The number of benzene rings is 1. The number of amides is 1. The molecule has 0 heterocycles. The molecule has 0 radical (unpaired) electrons. The van der Waals surface area contributed by atoms with Crippen LogP contribution in [0.25, 0.3) is 0 Å². The molecule has 0 atom stereocenters. The van der Waals surface area contributed by atoms with Crippen molar-refractivity contribution in [2.75, 3.05) is 13.1 Å². The second-order valence-electron chi connectivity index (χ2n) is 6.69. The first-order valence-electron chi connectivity index (χ1n) is 8.10. The molecule has 1 saturated carbocycles. The Bertz CT molecular complexity index is 677. The average molecular weight is 338 g/mol. The van der Waals surface area contributed by atoms with Crippen LogP contribution in [0.5, 0.6) is 0 Å². The Morgan fingerprint density at radius 3 is 2.48 bits per heavy atom. The molecule has 1 aromatic rings. The molecule has 6 heteroatoms. The first kappa shape index (κ1) is 17.9. The molecule has 1 aliphatic carbocycles. The summed E-state index contributed by atoms with van der Waals surface area (Å²) in [6, 6.07) is 5.35. The fourth-order valence-corrected chi connectivity index (χ4v) is 4.39. The van der Waals surface area contributed by atoms with Gasteiger partial charge in [0.2, 0.25) is 15.9 Å². The van der Waals surface area contributed by atoms with Gasteiger partial charge in [-0.1, -0.05) is 31.9 Å². The van der Waals surface area contributed by atoms with Crippen molar-refractivity contribution in [1.82, 2.24) is 10.0 Å². The highest BCUT2D eigenvalue weighted by atomic mass is 32.2. The highest BCUT2D eigenvalue weighted by Crippen LogP contribution is 2.37. The summed E-state index contributed by atoms with van der Waals surface area (Å²) in [5.41, 5.74) is 1.33. The van der Waals surface area contributed by atoms with Crippen molar-refractivity contribution < 1.29 is 13.2 Å². The van der Waals surface area contributed by atoms with Gasteiger partial charge in [-0.05, 0) is 43.9 Å². The predicted octanol–water partition coefficient (Wildman–Crippen LogP) is 2.28. The lowest BCUT2D eigenvalue weighted by molar-refractivity contribution is -0.129. The monoisotopic (exact) mass is 338 g/mol. The van der Waals surface area contributed by atoms with E-state index >= 15 is 0 Å². The molecule has 0 saturated heterocycles. The molecule has 0 aliphatic heterocycles. The van der Waals surface area contributed by atoms with E-state index in [9.17, 15) is 13.2 Å². The number of rotatable bonds is 6. The summed E-state index contributed by atoms with van der Waals surface area (Å²) >= 11 is 0. The van der Waals surface area contributed by atoms with Crippen LogP contribution in [0.4, 0.5) is 0 Å². The van der Waals surface area contributed by atoms with Crippen LogP contribution in [0.15, 0.2) is 23.1 Å². The molecule has 0 bridgehead atoms. The lowest BCUT2D eigenvalue weighted by atomic mass is 9.88. The molecule has 23 heavy (non-hydrogen) atoms. The van der Waals surface area contributed by atoms with Crippen molar-refractivity contribution in [3.63, 3.8) is 0 Å². The van der Waals surface area contributed by atoms with Crippen LogP contribution >= 0.6 is 0 Å². The Hall–Kier alpha value is -1.40. The zero-order chi connectivity index (χ0) is 17.1. The van der Waals surface area contributed by atoms with Crippen LogP contribution in [0.2, 0.25) is 0 Å². The van der Waals surface area contributed by atoms with Crippen LogP contribution in [0.1, 0.15) is 43.7 Å². The van der Waals surface area contributed by atoms with Gasteiger partial charge in [0.1, 0.15) is 0 Å². The van der Waals surface area contributed by atoms with Gasteiger partial charge in [0, 0.05) is 18.5 Å². The van der Waals surface area contributed by atoms with E-state index in [1.54, 1.807) is 19.1 Å². The molecule has 1 aliphatic rings. The molecule has 1 fully saturated rings. The standard InChI is InChI=1S/C17H26N2O3S/c1-13-6-7-14(2)15(12-13)23(21,22)19-11-10-18-16(20)17(3)8-4-5-9-17/h6-7,12,19H,4-5,8-11H2,1-3H3,(H,18,20). The van der Waals surface area contributed by atoms with Crippen molar-refractivity contribution in [3.8, 4) is 0 Å². The number of nitrogens with one attached hydrogen (secondary N) is 2. The quantitative estimate of drug-likeness (QED) is 0.781. The lowest BCUT2D eigenvalue weighted by Crippen LogP contribution is -2.41. The van der Waals surface area contributed by atoms with Gasteiger partial charge in [-0.3, -0.25) is 4.79 Å². The van der Waals surface area contributed by atoms with Crippen LogP contribution in [0.3, 0.4) is 0 Å². The molecule has 0 spiro atoms.